The minimum absolute atomic E-state index is 0.0399. The Morgan fingerprint density at radius 3 is 2.29 bits per heavy atom. The van der Waals surface area contributed by atoms with Crippen LogP contribution in [0.2, 0.25) is 10.0 Å². The smallest absolute Gasteiger partial charge is 0.238 e. The van der Waals surface area contributed by atoms with Gasteiger partial charge in [0.25, 0.3) is 0 Å². The lowest BCUT2D eigenvalue weighted by atomic mass is 10.2. The first-order valence-corrected chi connectivity index (χ1v) is 6.05. The average Bonchev–Trinajstić information content (AvgIpc) is 2.23. The summed E-state index contributed by atoms with van der Waals surface area (Å²) in [5.74, 6) is 0.0399. The number of likely N-dealkylation sites (N-methyl/N-ethyl adjacent to an activating group) is 1. The molecule has 94 valence electrons. The van der Waals surface area contributed by atoms with Crippen LogP contribution in [0.4, 0.5) is 0 Å². The van der Waals surface area contributed by atoms with Gasteiger partial charge in [-0.2, -0.15) is 0 Å². The van der Waals surface area contributed by atoms with Gasteiger partial charge < -0.3 is 10.2 Å². The van der Waals surface area contributed by atoms with Crippen LogP contribution in [0.15, 0.2) is 18.2 Å². The fourth-order valence-corrected chi connectivity index (χ4v) is 2.03. The van der Waals surface area contributed by atoms with Gasteiger partial charge >= 0.3 is 0 Å². The van der Waals surface area contributed by atoms with Gasteiger partial charge in [-0.25, -0.2) is 0 Å². The Labute approximate surface area is 112 Å². The molecule has 3 nitrogen and oxygen atoms in total. The quantitative estimate of drug-likeness (QED) is 0.916. The highest BCUT2D eigenvalue weighted by atomic mass is 35.5. The molecule has 1 aromatic carbocycles. The zero-order chi connectivity index (χ0) is 13.0. The van der Waals surface area contributed by atoms with E-state index in [0.717, 1.165) is 5.56 Å². The van der Waals surface area contributed by atoms with Crippen LogP contribution in [-0.4, -0.2) is 30.9 Å². The molecule has 0 saturated carbocycles. The second-order valence-electron chi connectivity index (χ2n) is 4.11. The number of hydrogen-bond acceptors (Lipinski definition) is 2. The lowest BCUT2D eigenvalue weighted by molar-refractivity contribution is -0.130. The van der Waals surface area contributed by atoms with Crippen molar-refractivity contribution in [2.45, 2.75) is 19.5 Å². The van der Waals surface area contributed by atoms with Crippen LogP contribution < -0.4 is 5.32 Å². The molecule has 0 radical (unpaired) electrons. The third-order valence-electron chi connectivity index (χ3n) is 2.35. The maximum absolute atomic E-state index is 11.6. The van der Waals surface area contributed by atoms with Crippen molar-refractivity contribution in [3.63, 3.8) is 0 Å². The molecule has 0 saturated heterocycles. The molecule has 1 atom stereocenters. The summed E-state index contributed by atoms with van der Waals surface area (Å²) >= 11 is 11.8. The largest absolute Gasteiger partial charge is 0.347 e. The summed E-state index contributed by atoms with van der Waals surface area (Å²) in [4.78, 5) is 13.2. The van der Waals surface area contributed by atoms with Gasteiger partial charge in [0, 0.05) is 30.7 Å². The van der Waals surface area contributed by atoms with Crippen molar-refractivity contribution < 1.29 is 4.79 Å². The molecular weight excluding hydrogens is 259 g/mol. The molecule has 0 aliphatic rings. The van der Waals surface area contributed by atoms with Gasteiger partial charge in [0.05, 0.1) is 6.04 Å². The minimum Gasteiger partial charge on any atom is -0.347 e. The van der Waals surface area contributed by atoms with Gasteiger partial charge in [0.2, 0.25) is 5.91 Å². The number of nitrogens with zero attached hydrogens (tertiary/aromatic N) is 1. The van der Waals surface area contributed by atoms with Gasteiger partial charge in [0.15, 0.2) is 0 Å². The normalized spacial score (nSPS) is 12.3. The van der Waals surface area contributed by atoms with E-state index in [2.05, 4.69) is 5.32 Å². The number of rotatable bonds is 4. The summed E-state index contributed by atoms with van der Waals surface area (Å²) in [5, 5.41) is 4.32. The summed E-state index contributed by atoms with van der Waals surface area (Å²) < 4.78 is 0. The van der Waals surface area contributed by atoms with E-state index in [-0.39, 0.29) is 11.9 Å². The molecule has 1 amide bonds. The molecule has 1 aromatic rings. The number of nitrogens with one attached hydrogen (secondary N) is 1. The van der Waals surface area contributed by atoms with E-state index in [4.69, 9.17) is 23.2 Å². The fourth-order valence-electron chi connectivity index (χ4n) is 1.46. The van der Waals surface area contributed by atoms with Gasteiger partial charge in [-0.15, -0.1) is 0 Å². The van der Waals surface area contributed by atoms with Crippen LogP contribution in [0, 0.1) is 0 Å². The van der Waals surface area contributed by atoms with Crippen molar-refractivity contribution in [1.82, 2.24) is 10.2 Å². The molecule has 1 N–H and O–H groups in total. The van der Waals surface area contributed by atoms with Gasteiger partial charge in [-0.3, -0.25) is 4.79 Å². The predicted octanol–water partition coefficient (Wildman–Crippen LogP) is 2.56. The Kier molecular flexibility index (Phi) is 5.25. The Bertz CT molecular complexity index is 387. The summed E-state index contributed by atoms with van der Waals surface area (Å²) in [7, 11) is 3.47. The molecule has 1 unspecified atom stereocenters. The van der Waals surface area contributed by atoms with E-state index >= 15 is 0 Å². The van der Waals surface area contributed by atoms with Crippen molar-refractivity contribution in [1.29, 1.82) is 0 Å². The van der Waals surface area contributed by atoms with Crippen molar-refractivity contribution in [2.75, 3.05) is 14.1 Å². The Balaban J connectivity index is 2.58. The van der Waals surface area contributed by atoms with Gasteiger partial charge in [0.1, 0.15) is 0 Å². The number of benzene rings is 1. The number of hydrogen-bond donors (Lipinski definition) is 1. The Morgan fingerprint density at radius 1 is 1.29 bits per heavy atom. The van der Waals surface area contributed by atoms with Crippen molar-refractivity contribution >= 4 is 29.1 Å². The SMILES string of the molecule is CC(NCc1cc(Cl)cc(Cl)c1)C(=O)N(C)C. The molecule has 0 fully saturated rings. The van der Waals surface area contributed by atoms with E-state index in [1.807, 2.05) is 19.1 Å². The molecule has 0 aliphatic heterocycles. The summed E-state index contributed by atoms with van der Waals surface area (Å²) in [6, 6.07) is 5.10. The van der Waals surface area contributed by atoms with Crippen LogP contribution in [0.3, 0.4) is 0 Å². The summed E-state index contributed by atoms with van der Waals surface area (Å²) in [6.07, 6.45) is 0. The minimum atomic E-state index is -0.234. The number of carbonyl (C=O) groups is 1. The monoisotopic (exact) mass is 274 g/mol. The van der Waals surface area contributed by atoms with E-state index in [0.29, 0.717) is 16.6 Å². The van der Waals surface area contributed by atoms with Crippen LogP contribution in [0.25, 0.3) is 0 Å². The molecular formula is C12H16Cl2N2O. The summed E-state index contributed by atoms with van der Waals surface area (Å²) in [6.45, 7) is 2.38. The van der Waals surface area contributed by atoms with Crippen molar-refractivity contribution in [3.8, 4) is 0 Å². The zero-order valence-corrected chi connectivity index (χ0v) is 11.6. The first kappa shape index (κ1) is 14.3. The molecule has 17 heavy (non-hydrogen) atoms. The highest BCUT2D eigenvalue weighted by Gasteiger charge is 2.13. The third kappa shape index (κ3) is 4.54. The maximum Gasteiger partial charge on any atom is 0.238 e. The Hall–Kier alpha value is -0.770. The zero-order valence-electron chi connectivity index (χ0n) is 10.1. The molecule has 0 aromatic heterocycles. The van der Waals surface area contributed by atoms with Gasteiger partial charge in [-0.1, -0.05) is 23.2 Å². The number of amides is 1. The van der Waals surface area contributed by atoms with E-state index in [1.165, 1.54) is 0 Å². The molecule has 0 heterocycles. The van der Waals surface area contributed by atoms with Crippen LogP contribution in [0.5, 0.6) is 0 Å². The molecule has 0 spiro atoms. The Morgan fingerprint density at radius 2 is 1.82 bits per heavy atom. The maximum atomic E-state index is 11.6. The summed E-state index contributed by atoms with van der Waals surface area (Å²) in [5.41, 5.74) is 0.959. The van der Waals surface area contributed by atoms with Gasteiger partial charge in [-0.05, 0) is 30.7 Å². The second kappa shape index (κ2) is 6.24. The lowest BCUT2D eigenvalue weighted by Crippen LogP contribution is -2.41. The first-order chi connectivity index (χ1) is 7.90. The van der Waals surface area contributed by atoms with Crippen LogP contribution >= 0.6 is 23.2 Å². The van der Waals surface area contributed by atoms with Crippen LogP contribution in [0.1, 0.15) is 12.5 Å². The predicted molar refractivity (Wildman–Crippen MR) is 71.5 cm³/mol. The second-order valence-corrected chi connectivity index (χ2v) is 4.99. The highest BCUT2D eigenvalue weighted by Crippen LogP contribution is 2.18. The highest BCUT2D eigenvalue weighted by molar-refractivity contribution is 6.34. The van der Waals surface area contributed by atoms with E-state index in [9.17, 15) is 4.79 Å². The fraction of sp³-hybridized carbons (Fsp3) is 0.417. The molecule has 0 aliphatic carbocycles. The van der Waals surface area contributed by atoms with Crippen LogP contribution in [-0.2, 0) is 11.3 Å². The third-order valence-corrected chi connectivity index (χ3v) is 2.78. The number of halogens is 2. The molecule has 1 rings (SSSR count). The van der Waals surface area contributed by atoms with E-state index < -0.39 is 0 Å². The first-order valence-electron chi connectivity index (χ1n) is 5.29. The lowest BCUT2D eigenvalue weighted by Gasteiger charge is -2.18. The molecule has 5 heteroatoms. The average molecular weight is 275 g/mol. The number of carbonyl (C=O) groups excluding carboxylic acids is 1. The topological polar surface area (TPSA) is 32.3 Å². The molecule has 0 bridgehead atoms. The van der Waals surface area contributed by atoms with E-state index in [1.54, 1.807) is 25.1 Å². The standard InChI is InChI=1S/C12H16Cl2N2O/c1-8(12(17)16(2)3)15-7-9-4-10(13)6-11(14)5-9/h4-6,8,15H,7H2,1-3H3. The van der Waals surface area contributed by atoms with Crippen molar-refractivity contribution in [3.05, 3.63) is 33.8 Å². The van der Waals surface area contributed by atoms with Crippen molar-refractivity contribution in [2.24, 2.45) is 0 Å².